The SMILES string of the molecule is Cc1cc(N)c2cc(NC(=O)/C=C/C(=O)c3ccc(Br)cc3)ccc2n1. The van der Waals surface area contributed by atoms with Gasteiger partial charge in [-0.15, -0.1) is 0 Å². The number of rotatable bonds is 4. The van der Waals surface area contributed by atoms with E-state index in [1.807, 2.05) is 6.92 Å². The number of nitrogens with one attached hydrogen (secondary N) is 1. The third kappa shape index (κ3) is 4.15. The summed E-state index contributed by atoms with van der Waals surface area (Å²) in [5.74, 6) is -0.636. The van der Waals surface area contributed by atoms with E-state index in [1.54, 1.807) is 48.5 Å². The first-order valence-electron chi connectivity index (χ1n) is 7.88. The van der Waals surface area contributed by atoms with Gasteiger partial charge in [0, 0.05) is 38.6 Å². The molecule has 0 atom stereocenters. The van der Waals surface area contributed by atoms with Crippen LogP contribution in [-0.2, 0) is 4.79 Å². The normalized spacial score (nSPS) is 11.0. The molecule has 130 valence electrons. The van der Waals surface area contributed by atoms with Crippen LogP contribution in [0, 0.1) is 6.92 Å². The molecule has 3 N–H and O–H groups in total. The van der Waals surface area contributed by atoms with Gasteiger partial charge in [0.25, 0.3) is 0 Å². The Labute approximate surface area is 159 Å². The predicted molar refractivity (Wildman–Crippen MR) is 107 cm³/mol. The van der Waals surface area contributed by atoms with E-state index in [1.165, 1.54) is 12.2 Å². The van der Waals surface area contributed by atoms with Crippen molar-refractivity contribution in [3.63, 3.8) is 0 Å². The smallest absolute Gasteiger partial charge is 0.248 e. The number of hydrogen-bond donors (Lipinski definition) is 2. The molecule has 1 heterocycles. The molecule has 0 unspecified atom stereocenters. The molecule has 0 aliphatic carbocycles. The van der Waals surface area contributed by atoms with Crippen molar-refractivity contribution in [2.24, 2.45) is 0 Å². The van der Waals surface area contributed by atoms with Crippen molar-refractivity contribution < 1.29 is 9.59 Å². The number of aromatic nitrogens is 1. The van der Waals surface area contributed by atoms with E-state index in [2.05, 4.69) is 26.2 Å². The highest BCUT2D eigenvalue weighted by Gasteiger charge is 2.06. The molecule has 0 spiro atoms. The Hall–Kier alpha value is -2.99. The van der Waals surface area contributed by atoms with E-state index in [9.17, 15) is 9.59 Å². The number of anilines is 2. The van der Waals surface area contributed by atoms with Crippen LogP contribution in [-0.4, -0.2) is 16.7 Å². The number of benzene rings is 2. The molecule has 0 aliphatic rings. The van der Waals surface area contributed by atoms with Crippen molar-refractivity contribution in [1.29, 1.82) is 0 Å². The summed E-state index contributed by atoms with van der Waals surface area (Å²) in [4.78, 5) is 28.5. The highest BCUT2D eigenvalue weighted by molar-refractivity contribution is 9.10. The van der Waals surface area contributed by atoms with Crippen molar-refractivity contribution in [1.82, 2.24) is 4.98 Å². The molecule has 0 saturated heterocycles. The molecule has 0 radical (unpaired) electrons. The summed E-state index contributed by atoms with van der Waals surface area (Å²) in [5.41, 5.74) is 9.31. The minimum Gasteiger partial charge on any atom is -0.398 e. The number of aryl methyl sites for hydroxylation is 1. The maximum atomic E-state index is 12.1. The highest BCUT2D eigenvalue weighted by atomic mass is 79.9. The molecule has 2 aromatic carbocycles. The molecule has 1 amide bonds. The van der Waals surface area contributed by atoms with Crippen LogP contribution in [0.3, 0.4) is 0 Å². The van der Waals surface area contributed by atoms with Gasteiger partial charge in [-0.2, -0.15) is 0 Å². The van der Waals surface area contributed by atoms with E-state index < -0.39 is 5.91 Å². The molecule has 0 aliphatic heterocycles. The summed E-state index contributed by atoms with van der Waals surface area (Å²) < 4.78 is 0.885. The summed E-state index contributed by atoms with van der Waals surface area (Å²) in [6.07, 6.45) is 2.46. The zero-order valence-electron chi connectivity index (χ0n) is 14.0. The molecular weight excluding hydrogens is 394 g/mol. The van der Waals surface area contributed by atoms with Gasteiger partial charge in [0.05, 0.1) is 5.52 Å². The fourth-order valence-corrected chi connectivity index (χ4v) is 2.78. The van der Waals surface area contributed by atoms with Gasteiger partial charge in [-0.3, -0.25) is 14.6 Å². The van der Waals surface area contributed by atoms with E-state index in [0.29, 0.717) is 16.9 Å². The fourth-order valence-electron chi connectivity index (χ4n) is 2.51. The maximum Gasteiger partial charge on any atom is 0.248 e. The van der Waals surface area contributed by atoms with Crippen LogP contribution in [0.1, 0.15) is 16.1 Å². The second-order valence-electron chi connectivity index (χ2n) is 5.78. The number of hydrogen-bond acceptors (Lipinski definition) is 4. The van der Waals surface area contributed by atoms with Gasteiger partial charge >= 0.3 is 0 Å². The van der Waals surface area contributed by atoms with Crippen LogP contribution < -0.4 is 11.1 Å². The van der Waals surface area contributed by atoms with Gasteiger partial charge in [-0.05, 0) is 61.5 Å². The zero-order valence-corrected chi connectivity index (χ0v) is 15.6. The van der Waals surface area contributed by atoms with Gasteiger partial charge in [-0.1, -0.05) is 15.9 Å². The Morgan fingerprint density at radius 2 is 1.81 bits per heavy atom. The minimum atomic E-state index is -0.395. The standard InChI is InChI=1S/C20H16BrN3O2/c1-12-10-17(22)16-11-15(6-7-18(16)23-12)24-20(26)9-8-19(25)13-2-4-14(21)5-3-13/h2-11H,1H3,(H2,22,23)(H,24,26)/b9-8+. The van der Waals surface area contributed by atoms with E-state index in [-0.39, 0.29) is 5.78 Å². The van der Waals surface area contributed by atoms with E-state index in [0.717, 1.165) is 21.1 Å². The lowest BCUT2D eigenvalue weighted by atomic mass is 10.1. The summed E-state index contributed by atoms with van der Waals surface area (Å²) in [7, 11) is 0. The van der Waals surface area contributed by atoms with Crippen molar-refractivity contribution >= 4 is 49.9 Å². The monoisotopic (exact) mass is 409 g/mol. The summed E-state index contributed by atoms with van der Waals surface area (Å²) in [6.45, 7) is 1.87. The molecule has 0 saturated carbocycles. The Morgan fingerprint density at radius 3 is 2.54 bits per heavy atom. The largest absolute Gasteiger partial charge is 0.398 e. The second kappa shape index (κ2) is 7.49. The molecule has 6 heteroatoms. The van der Waals surface area contributed by atoms with E-state index in [4.69, 9.17) is 5.73 Å². The highest BCUT2D eigenvalue weighted by Crippen LogP contribution is 2.24. The summed E-state index contributed by atoms with van der Waals surface area (Å²) in [5, 5.41) is 3.49. The predicted octanol–water partition coefficient (Wildman–Crippen LogP) is 4.27. The first kappa shape index (κ1) is 17.8. The molecular formula is C20H16BrN3O2. The number of carbonyl (C=O) groups excluding carboxylic acids is 2. The number of carbonyl (C=O) groups is 2. The van der Waals surface area contributed by atoms with Gasteiger partial charge < -0.3 is 11.1 Å². The number of nitrogen functional groups attached to an aromatic ring is 1. The van der Waals surface area contributed by atoms with Crippen molar-refractivity contribution in [3.8, 4) is 0 Å². The lowest BCUT2D eigenvalue weighted by Gasteiger charge is -2.07. The molecule has 3 rings (SSSR count). The third-order valence-electron chi connectivity index (χ3n) is 3.75. The number of pyridine rings is 1. The number of nitrogens with two attached hydrogens (primary N) is 1. The lowest BCUT2D eigenvalue weighted by Crippen LogP contribution is -2.09. The topological polar surface area (TPSA) is 85.1 Å². The molecule has 26 heavy (non-hydrogen) atoms. The van der Waals surface area contributed by atoms with Crippen LogP contribution in [0.4, 0.5) is 11.4 Å². The van der Waals surface area contributed by atoms with Crippen LogP contribution in [0.2, 0.25) is 0 Å². The number of allylic oxidation sites excluding steroid dienone is 1. The Bertz CT molecular complexity index is 1030. The van der Waals surface area contributed by atoms with E-state index >= 15 is 0 Å². The van der Waals surface area contributed by atoms with Crippen molar-refractivity contribution in [2.75, 3.05) is 11.1 Å². The van der Waals surface area contributed by atoms with Crippen LogP contribution >= 0.6 is 15.9 Å². The van der Waals surface area contributed by atoms with Crippen molar-refractivity contribution in [3.05, 3.63) is 76.4 Å². The maximum absolute atomic E-state index is 12.1. The third-order valence-corrected chi connectivity index (χ3v) is 4.28. The van der Waals surface area contributed by atoms with Crippen molar-refractivity contribution in [2.45, 2.75) is 6.92 Å². The number of nitrogens with zero attached hydrogens (tertiary/aromatic N) is 1. The molecule has 0 fully saturated rings. The average molecular weight is 410 g/mol. The first-order valence-corrected chi connectivity index (χ1v) is 8.67. The van der Waals surface area contributed by atoms with Crippen LogP contribution in [0.25, 0.3) is 10.9 Å². The summed E-state index contributed by atoms with van der Waals surface area (Å²) in [6, 6.07) is 14.0. The minimum absolute atomic E-state index is 0.241. The van der Waals surface area contributed by atoms with Crippen LogP contribution in [0.15, 0.2) is 65.2 Å². The number of amides is 1. The van der Waals surface area contributed by atoms with Crippen LogP contribution in [0.5, 0.6) is 0 Å². The Balaban J connectivity index is 1.72. The molecule has 3 aromatic rings. The quantitative estimate of drug-likeness (QED) is 0.497. The number of halogens is 1. The lowest BCUT2D eigenvalue weighted by molar-refractivity contribution is -0.111. The number of ketones is 1. The van der Waals surface area contributed by atoms with Gasteiger partial charge in [-0.25, -0.2) is 0 Å². The fraction of sp³-hybridized carbons (Fsp3) is 0.0500. The molecule has 1 aromatic heterocycles. The Kier molecular flexibility index (Phi) is 5.14. The first-order chi connectivity index (χ1) is 12.4. The number of fused-ring (bicyclic) bond motifs is 1. The Morgan fingerprint density at radius 1 is 1.08 bits per heavy atom. The summed E-state index contributed by atoms with van der Waals surface area (Å²) >= 11 is 3.31. The van der Waals surface area contributed by atoms with Gasteiger partial charge in [0.2, 0.25) is 5.91 Å². The second-order valence-corrected chi connectivity index (χ2v) is 6.69. The molecule has 5 nitrogen and oxygen atoms in total. The average Bonchev–Trinajstić information content (AvgIpc) is 2.61. The van der Waals surface area contributed by atoms with Gasteiger partial charge in [0.15, 0.2) is 5.78 Å². The molecule has 0 bridgehead atoms. The zero-order chi connectivity index (χ0) is 18.7. The van der Waals surface area contributed by atoms with Gasteiger partial charge in [0.1, 0.15) is 0 Å².